The molecule has 1 amide bonds. The SMILES string of the molecule is NC(=O)C(F)(F)c1cc2cc(Cl)ccc2o1.OC(CCN1CCC(F)(F)CC1)c1ccc2c(c1)OCCO2. The molecule has 0 aliphatic carbocycles. The molecule has 0 bridgehead atoms. The van der Waals surface area contributed by atoms with Gasteiger partial charge < -0.3 is 29.6 Å². The minimum absolute atomic E-state index is 0.0902. The molecule has 5 rings (SSSR count). The molecule has 0 radical (unpaired) electrons. The Balaban J connectivity index is 0.000000186. The van der Waals surface area contributed by atoms with Gasteiger partial charge in [0, 0.05) is 42.9 Å². The maximum absolute atomic E-state index is 13.2. The molecule has 3 heterocycles. The number of carbonyl (C=O) groups excluding carboxylic acids is 1. The molecule has 1 aromatic heterocycles. The van der Waals surface area contributed by atoms with E-state index in [9.17, 15) is 27.5 Å². The van der Waals surface area contributed by atoms with E-state index in [0.29, 0.717) is 61.2 Å². The molecular formula is C26H27ClF4N2O5. The standard InChI is InChI=1S/C16H21F2NO3.C10H6ClF2NO2/c17-16(18)4-7-19(8-5-16)6-3-13(20)12-1-2-14-15(11-12)22-10-9-21-14;11-6-1-2-7-5(3-6)4-8(16-7)10(12,13)9(14)15/h1-2,11,13,20H,3-10H2;1-4H,(H2,14,15). The summed E-state index contributed by atoms with van der Waals surface area (Å²) in [5.41, 5.74) is 5.57. The van der Waals surface area contributed by atoms with Gasteiger partial charge in [-0.25, -0.2) is 8.78 Å². The number of primary amides is 1. The lowest BCUT2D eigenvalue weighted by Crippen LogP contribution is -2.40. The molecule has 3 N–H and O–H groups in total. The van der Waals surface area contributed by atoms with Crippen molar-refractivity contribution in [3.05, 3.63) is 58.8 Å². The third-order valence-electron chi connectivity index (χ3n) is 6.35. The summed E-state index contributed by atoms with van der Waals surface area (Å²) in [5, 5.41) is 11.1. The van der Waals surface area contributed by atoms with Crippen LogP contribution in [-0.4, -0.2) is 54.7 Å². The Bertz CT molecular complexity index is 1280. The van der Waals surface area contributed by atoms with Crippen LogP contribution < -0.4 is 15.2 Å². The number of nitrogens with two attached hydrogens (primary N) is 1. The Kier molecular flexibility index (Phi) is 8.39. The molecule has 2 aliphatic heterocycles. The smallest absolute Gasteiger partial charge is 0.380 e. The van der Waals surface area contributed by atoms with Crippen LogP contribution in [0.1, 0.15) is 36.7 Å². The predicted molar refractivity (Wildman–Crippen MR) is 132 cm³/mol. The van der Waals surface area contributed by atoms with Gasteiger partial charge in [-0.3, -0.25) is 4.79 Å². The molecular weight excluding hydrogens is 532 g/mol. The summed E-state index contributed by atoms with van der Waals surface area (Å²) in [4.78, 5) is 12.5. The van der Waals surface area contributed by atoms with Gasteiger partial charge in [0.15, 0.2) is 17.3 Å². The van der Waals surface area contributed by atoms with E-state index >= 15 is 0 Å². The highest BCUT2D eigenvalue weighted by molar-refractivity contribution is 6.31. The van der Waals surface area contributed by atoms with E-state index in [1.807, 2.05) is 11.0 Å². The van der Waals surface area contributed by atoms with Crippen LogP contribution in [0.25, 0.3) is 11.0 Å². The van der Waals surface area contributed by atoms with Gasteiger partial charge in [0.05, 0.1) is 6.10 Å². The lowest BCUT2D eigenvalue weighted by molar-refractivity contribution is -0.145. The largest absolute Gasteiger partial charge is 0.486 e. The van der Waals surface area contributed by atoms with Crippen molar-refractivity contribution in [3.8, 4) is 11.5 Å². The Labute approximate surface area is 221 Å². The number of furan rings is 1. The van der Waals surface area contributed by atoms with Crippen molar-refractivity contribution in [1.82, 2.24) is 4.90 Å². The average Bonchev–Trinajstić information content (AvgIpc) is 3.32. The number of piperidine rings is 1. The second-order valence-electron chi connectivity index (χ2n) is 9.14. The normalized spacial score (nSPS) is 17.9. The van der Waals surface area contributed by atoms with Crippen molar-refractivity contribution in [1.29, 1.82) is 0 Å². The first-order valence-electron chi connectivity index (χ1n) is 12.0. The molecule has 12 heteroatoms. The first-order valence-corrected chi connectivity index (χ1v) is 12.4. The Morgan fingerprint density at radius 2 is 1.76 bits per heavy atom. The van der Waals surface area contributed by atoms with E-state index < -0.39 is 29.6 Å². The number of nitrogens with zero attached hydrogens (tertiary/aromatic N) is 1. The molecule has 38 heavy (non-hydrogen) atoms. The van der Waals surface area contributed by atoms with Crippen LogP contribution in [-0.2, 0) is 10.7 Å². The third-order valence-corrected chi connectivity index (χ3v) is 6.59. The van der Waals surface area contributed by atoms with Gasteiger partial charge in [-0.2, -0.15) is 8.78 Å². The molecule has 2 aliphatic rings. The second-order valence-corrected chi connectivity index (χ2v) is 9.57. The van der Waals surface area contributed by atoms with Crippen LogP contribution in [0.2, 0.25) is 5.02 Å². The second kappa shape index (κ2) is 11.4. The molecule has 0 spiro atoms. The number of amides is 1. The summed E-state index contributed by atoms with van der Waals surface area (Å²) < 4.78 is 68.4. The maximum atomic E-state index is 13.2. The fourth-order valence-corrected chi connectivity index (χ4v) is 4.31. The Morgan fingerprint density at radius 3 is 2.45 bits per heavy atom. The van der Waals surface area contributed by atoms with Gasteiger partial charge >= 0.3 is 5.92 Å². The zero-order chi connectivity index (χ0) is 27.5. The number of alkyl halides is 4. The van der Waals surface area contributed by atoms with Crippen molar-refractivity contribution in [2.24, 2.45) is 5.73 Å². The molecule has 7 nitrogen and oxygen atoms in total. The number of benzene rings is 2. The van der Waals surface area contributed by atoms with Gasteiger partial charge in [0.25, 0.3) is 11.8 Å². The summed E-state index contributed by atoms with van der Waals surface area (Å²) in [6, 6.07) is 10.9. The van der Waals surface area contributed by atoms with Gasteiger partial charge in [-0.15, -0.1) is 0 Å². The van der Waals surface area contributed by atoms with Crippen molar-refractivity contribution in [2.75, 3.05) is 32.8 Å². The topological polar surface area (TPSA) is 98.2 Å². The van der Waals surface area contributed by atoms with E-state index in [1.54, 1.807) is 12.1 Å². The monoisotopic (exact) mass is 558 g/mol. The molecule has 2 aromatic carbocycles. The summed E-state index contributed by atoms with van der Waals surface area (Å²) in [6.45, 7) is 2.44. The van der Waals surface area contributed by atoms with Crippen LogP contribution in [0.4, 0.5) is 17.6 Å². The highest BCUT2D eigenvalue weighted by Gasteiger charge is 2.42. The van der Waals surface area contributed by atoms with E-state index in [4.69, 9.17) is 25.5 Å². The number of fused-ring (bicyclic) bond motifs is 2. The fraction of sp³-hybridized carbons (Fsp3) is 0.423. The van der Waals surface area contributed by atoms with Crippen molar-refractivity contribution >= 4 is 28.5 Å². The number of hydrogen-bond acceptors (Lipinski definition) is 6. The molecule has 1 unspecified atom stereocenters. The summed E-state index contributed by atoms with van der Waals surface area (Å²) in [7, 11) is 0. The minimum atomic E-state index is -3.81. The minimum Gasteiger partial charge on any atom is -0.486 e. The molecule has 1 fully saturated rings. The highest BCUT2D eigenvalue weighted by Crippen LogP contribution is 2.35. The van der Waals surface area contributed by atoms with E-state index in [2.05, 4.69) is 5.73 Å². The average molecular weight is 559 g/mol. The van der Waals surface area contributed by atoms with E-state index in [-0.39, 0.29) is 18.4 Å². The molecule has 1 atom stereocenters. The van der Waals surface area contributed by atoms with Gasteiger partial charge in [0.2, 0.25) is 0 Å². The number of carbonyl (C=O) groups is 1. The van der Waals surface area contributed by atoms with Gasteiger partial charge in [-0.05, 0) is 48.4 Å². The van der Waals surface area contributed by atoms with Gasteiger partial charge in [-0.1, -0.05) is 17.7 Å². The number of rotatable bonds is 6. The predicted octanol–water partition coefficient (Wildman–Crippen LogP) is 5.28. The van der Waals surface area contributed by atoms with Crippen molar-refractivity contribution in [2.45, 2.75) is 37.2 Å². The maximum Gasteiger partial charge on any atom is 0.380 e. The van der Waals surface area contributed by atoms with Crippen molar-refractivity contribution < 1.29 is 41.4 Å². The number of hydrogen-bond donors (Lipinski definition) is 2. The van der Waals surface area contributed by atoms with Gasteiger partial charge in [0.1, 0.15) is 18.8 Å². The van der Waals surface area contributed by atoms with Crippen LogP contribution in [0.3, 0.4) is 0 Å². The molecule has 0 saturated carbocycles. The quantitative estimate of drug-likeness (QED) is 0.400. The Morgan fingerprint density at radius 1 is 1.08 bits per heavy atom. The van der Waals surface area contributed by atoms with Crippen molar-refractivity contribution in [3.63, 3.8) is 0 Å². The lowest BCUT2D eigenvalue weighted by atomic mass is 10.0. The Hall–Kier alpha value is -3.02. The van der Waals surface area contributed by atoms with Crippen LogP contribution >= 0.6 is 11.6 Å². The zero-order valence-electron chi connectivity index (χ0n) is 20.3. The lowest BCUT2D eigenvalue weighted by Gasteiger charge is -2.32. The number of ether oxygens (including phenoxy) is 2. The highest BCUT2D eigenvalue weighted by atomic mass is 35.5. The first kappa shape index (κ1) is 28.0. The van der Waals surface area contributed by atoms with Crippen LogP contribution in [0, 0.1) is 0 Å². The van der Waals surface area contributed by atoms with Crippen LogP contribution in [0.15, 0.2) is 46.9 Å². The fourth-order valence-electron chi connectivity index (χ4n) is 4.13. The summed E-state index contributed by atoms with van der Waals surface area (Å²) >= 11 is 5.68. The summed E-state index contributed by atoms with van der Waals surface area (Å²) in [5.74, 6) is -7.52. The number of aliphatic hydroxyl groups excluding tert-OH is 1. The van der Waals surface area contributed by atoms with E-state index in [0.717, 1.165) is 11.6 Å². The molecule has 1 saturated heterocycles. The third kappa shape index (κ3) is 6.69. The molecule has 206 valence electrons. The number of halogens is 5. The first-order chi connectivity index (χ1) is 17.9. The van der Waals surface area contributed by atoms with Crippen LogP contribution in [0.5, 0.6) is 11.5 Å². The molecule has 3 aromatic rings. The summed E-state index contributed by atoms with van der Waals surface area (Å²) in [6.07, 6.45) is -0.288. The zero-order valence-corrected chi connectivity index (χ0v) is 21.0. The number of likely N-dealkylation sites (tertiary alicyclic amines) is 1. The van der Waals surface area contributed by atoms with E-state index in [1.165, 1.54) is 18.2 Å². The number of aliphatic hydroxyl groups is 1.